The maximum absolute atomic E-state index is 12.0. The molecule has 122 valence electrons. The second-order valence-corrected chi connectivity index (χ2v) is 5.40. The van der Waals surface area contributed by atoms with Gasteiger partial charge in [0.05, 0.1) is 0 Å². The highest BCUT2D eigenvalue weighted by Gasteiger charge is 2.23. The van der Waals surface area contributed by atoms with Gasteiger partial charge in [0.2, 0.25) is 0 Å². The summed E-state index contributed by atoms with van der Waals surface area (Å²) < 4.78 is 5.63. The molecule has 0 bridgehead atoms. The fourth-order valence-corrected chi connectivity index (χ4v) is 2.68. The van der Waals surface area contributed by atoms with Crippen LogP contribution >= 0.6 is 11.6 Å². The zero-order valence-corrected chi connectivity index (χ0v) is 13.8. The summed E-state index contributed by atoms with van der Waals surface area (Å²) in [6.07, 6.45) is 0.327. The van der Waals surface area contributed by atoms with Gasteiger partial charge in [-0.05, 0) is 30.7 Å². The van der Waals surface area contributed by atoms with Crippen molar-refractivity contribution in [2.75, 3.05) is 20.2 Å². The molecule has 5 heteroatoms. The molecule has 1 heterocycles. The number of benzene rings is 2. The average molecular weight is 333 g/mol. The standard InChI is InChI=1S/C17H16ClNO2.CH5N/c18-15-5-2-1-4-14(15)12-6-8-13(9-7-12)16-17(20)19-10-3-11-21-16;1-2/h1-2,4-9,16H,3,10-11H2,(H,19,20);2H2,1H3. The summed E-state index contributed by atoms with van der Waals surface area (Å²) in [7, 11) is 1.50. The Labute approximate surface area is 141 Å². The predicted octanol–water partition coefficient (Wildman–Crippen LogP) is 3.16. The number of hydrogen-bond donors (Lipinski definition) is 2. The van der Waals surface area contributed by atoms with Crippen LogP contribution in [0.3, 0.4) is 0 Å². The minimum Gasteiger partial charge on any atom is -0.364 e. The van der Waals surface area contributed by atoms with Crippen LogP contribution in [0.25, 0.3) is 11.1 Å². The van der Waals surface area contributed by atoms with Gasteiger partial charge in [0.25, 0.3) is 5.91 Å². The highest BCUT2D eigenvalue weighted by Crippen LogP contribution is 2.29. The first kappa shape index (κ1) is 17.5. The van der Waals surface area contributed by atoms with Crippen molar-refractivity contribution >= 4 is 17.5 Å². The van der Waals surface area contributed by atoms with Crippen molar-refractivity contribution in [1.82, 2.24) is 5.32 Å². The van der Waals surface area contributed by atoms with Crippen molar-refractivity contribution < 1.29 is 9.53 Å². The van der Waals surface area contributed by atoms with Crippen molar-refractivity contribution in [1.29, 1.82) is 0 Å². The third kappa shape index (κ3) is 4.32. The first-order valence-corrected chi connectivity index (χ1v) is 7.95. The fraction of sp³-hybridized carbons (Fsp3) is 0.278. The first-order valence-electron chi connectivity index (χ1n) is 7.57. The lowest BCUT2D eigenvalue weighted by Crippen LogP contribution is -2.28. The number of nitrogens with one attached hydrogen (secondary N) is 1. The summed E-state index contributed by atoms with van der Waals surface area (Å²) in [6.45, 7) is 1.27. The molecule has 1 atom stereocenters. The molecule has 1 aliphatic rings. The maximum atomic E-state index is 12.0. The summed E-state index contributed by atoms with van der Waals surface area (Å²) in [6, 6.07) is 15.5. The molecule has 23 heavy (non-hydrogen) atoms. The summed E-state index contributed by atoms with van der Waals surface area (Å²) >= 11 is 6.20. The molecular formula is C18H21ClN2O2. The number of carbonyl (C=O) groups is 1. The molecule has 3 N–H and O–H groups in total. The monoisotopic (exact) mass is 332 g/mol. The summed E-state index contributed by atoms with van der Waals surface area (Å²) in [5.41, 5.74) is 7.38. The van der Waals surface area contributed by atoms with Gasteiger partial charge < -0.3 is 15.8 Å². The molecule has 2 aromatic carbocycles. The van der Waals surface area contributed by atoms with Crippen LogP contribution in [-0.2, 0) is 9.53 Å². The number of nitrogens with two attached hydrogens (primary N) is 1. The van der Waals surface area contributed by atoms with Crippen LogP contribution in [0, 0.1) is 0 Å². The van der Waals surface area contributed by atoms with E-state index in [1.54, 1.807) is 0 Å². The van der Waals surface area contributed by atoms with Gasteiger partial charge in [-0.15, -0.1) is 0 Å². The molecule has 1 unspecified atom stereocenters. The average Bonchev–Trinajstić information content (AvgIpc) is 2.82. The van der Waals surface area contributed by atoms with Gasteiger partial charge in [-0.25, -0.2) is 0 Å². The number of rotatable bonds is 2. The summed E-state index contributed by atoms with van der Waals surface area (Å²) in [4.78, 5) is 12.0. The number of hydrogen-bond acceptors (Lipinski definition) is 3. The molecule has 4 nitrogen and oxygen atoms in total. The second-order valence-electron chi connectivity index (χ2n) is 5.00. The number of amides is 1. The van der Waals surface area contributed by atoms with Crippen LogP contribution in [0.4, 0.5) is 0 Å². The van der Waals surface area contributed by atoms with Crippen LogP contribution in [-0.4, -0.2) is 26.1 Å². The highest BCUT2D eigenvalue weighted by atomic mass is 35.5. The zero-order chi connectivity index (χ0) is 16.7. The molecule has 0 saturated carbocycles. The van der Waals surface area contributed by atoms with Gasteiger partial charge in [0.15, 0.2) is 6.10 Å². The van der Waals surface area contributed by atoms with E-state index >= 15 is 0 Å². The number of carbonyl (C=O) groups excluding carboxylic acids is 1. The van der Waals surface area contributed by atoms with E-state index in [2.05, 4.69) is 11.1 Å². The van der Waals surface area contributed by atoms with Gasteiger partial charge in [-0.1, -0.05) is 54.1 Å². The third-order valence-electron chi connectivity index (χ3n) is 3.54. The molecule has 1 fully saturated rings. The largest absolute Gasteiger partial charge is 0.364 e. The molecule has 1 aliphatic heterocycles. The quantitative estimate of drug-likeness (QED) is 0.888. The van der Waals surface area contributed by atoms with E-state index in [4.69, 9.17) is 16.3 Å². The first-order chi connectivity index (χ1) is 11.3. The van der Waals surface area contributed by atoms with Crippen molar-refractivity contribution in [2.24, 2.45) is 5.73 Å². The van der Waals surface area contributed by atoms with E-state index in [1.807, 2.05) is 48.5 Å². The van der Waals surface area contributed by atoms with Crippen molar-refractivity contribution in [3.8, 4) is 11.1 Å². The molecule has 2 aromatic rings. The van der Waals surface area contributed by atoms with Gasteiger partial charge in [-0.3, -0.25) is 4.79 Å². The normalized spacial score (nSPS) is 17.5. The summed E-state index contributed by atoms with van der Waals surface area (Å²) in [5.74, 6) is -0.0713. The third-order valence-corrected chi connectivity index (χ3v) is 3.87. The SMILES string of the molecule is CN.O=C1NCCCOC1c1ccc(-c2ccccc2Cl)cc1. The van der Waals surface area contributed by atoms with E-state index in [0.29, 0.717) is 18.2 Å². The van der Waals surface area contributed by atoms with E-state index in [1.165, 1.54) is 7.05 Å². The summed E-state index contributed by atoms with van der Waals surface area (Å²) in [5, 5.41) is 3.58. The van der Waals surface area contributed by atoms with Crippen LogP contribution in [0.5, 0.6) is 0 Å². The lowest BCUT2D eigenvalue weighted by Gasteiger charge is -2.14. The molecule has 3 rings (SSSR count). The Bertz CT molecular complexity index is 644. The number of halogens is 1. The Morgan fingerprint density at radius 2 is 1.83 bits per heavy atom. The van der Waals surface area contributed by atoms with E-state index in [9.17, 15) is 4.79 Å². The number of ether oxygens (including phenoxy) is 1. The van der Waals surface area contributed by atoms with Gasteiger partial charge in [-0.2, -0.15) is 0 Å². The Hall–Kier alpha value is -1.88. The Morgan fingerprint density at radius 3 is 2.52 bits per heavy atom. The highest BCUT2D eigenvalue weighted by molar-refractivity contribution is 6.33. The predicted molar refractivity (Wildman–Crippen MR) is 93.3 cm³/mol. The lowest BCUT2D eigenvalue weighted by atomic mass is 10.0. The van der Waals surface area contributed by atoms with Crippen LogP contribution in [0.15, 0.2) is 48.5 Å². The topological polar surface area (TPSA) is 64.4 Å². The molecule has 1 amide bonds. The second kappa shape index (κ2) is 8.67. The molecule has 0 aliphatic carbocycles. The van der Waals surface area contributed by atoms with Crippen molar-refractivity contribution in [3.63, 3.8) is 0 Å². The van der Waals surface area contributed by atoms with Gasteiger partial charge in [0.1, 0.15) is 0 Å². The molecule has 1 saturated heterocycles. The Kier molecular flexibility index (Phi) is 6.59. The lowest BCUT2D eigenvalue weighted by molar-refractivity contribution is -0.131. The van der Waals surface area contributed by atoms with E-state index in [0.717, 1.165) is 23.1 Å². The van der Waals surface area contributed by atoms with Gasteiger partial charge >= 0.3 is 0 Å². The smallest absolute Gasteiger partial charge is 0.253 e. The van der Waals surface area contributed by atoms with Crippen LogP contribution in [0.1, 0.15) is 18.1 Å². The molecule has 0 radical (unpaired) electrons. The minimum absolute atomic E-state index is 0.0713. The Balaban J connectivity index is 0.000000924. The minimum atomic E-state index is -0.521. The maximum Gasteiger partial charge on any atom is 0.253 e. The van der Waals surface area contributed by atoms with E-state index in [-0.39, 0.29) is 5.91 Å². The van der Waals surface area contributed by atoms with Crippen molar-refractivity contribution in [2.45, 2.75) is 12.5 Å². The molecule has 0 spiro atoms. The van der Waals surface area contributed by atoms with E-state index < -0.39 is 6.10 Å². The van der Waals surface area contributed by atoms with Crippen LogP contribution in [0.2, 0.25) is 5.02 Å². The van der Waals surface area contributed by atoms with Crippen LogP contribution < -0.4 is 11.1 Å². The zero-order valence-electron chi connectivity index (χ0n) is 13.1. The van der Waals surface area contributed by atoms with Crippen molar-refractivity contribution in [3.05, 3.63) is 59.1 Å². The molecule has 0 aromatic heterocycles. The fourth-order valence-electron chi connectivity index (χ4n) is 2.43. The Morgan fingerprint density at radius 1 is 1.13 bits per heavy atom. The van der Waals surface area contributed by atoms with Gasteiger partial charge in [0, 0.05) is 23.7 Å². The molecular weight excluding hydrogens is 312 g/mol.